The molecular weight excluding hydrogens is 392 g/mol. The lowest BCUT2D eigenvalue weighted by molar-refractivity contribution is 0.100. The van der Waals surface area contributed by atoms with Crippen LogP contribution in [0, 0.1) is 11.3 Å². The van der Waals surface area contributed by atoms with Gasteiger partial charge in [0.05, 0.1) is 29.5 Å². The first-order valence-corrected chi connectivity index (χ1v) is 11.4. The number of carbonyl (C=O) groups is 1. The fourth-order valence-electron chi connectivity index (χ4n) is 3.81. The number of hydrogen-bond donors (Lipinski definition) is 2. The van der Waals surface area contributed by atoms with Crippen molar-refractivity contribution in [3.8, 4) is 11.8 Å². The third kappa shape index (κ3) is 4.54. The zero-order valence-electron chi connectivity index (χ0n) is 16.5. The van der Waals surface area contributed by atoms with Crippen LogP contribution >= 0.6 is 0 Å². The molecule has 1 saturated heterocycles. The van der Waals surface area contributed by atoms with Crippen molar-refractivity contribution in [1.82, 2.24) is 9.29 Å². The van der Waals surface area contributed by atoms with Crippen LogP contribution in [0.2, 0.25) is 0 Å². The Kier molecular flexibility index (Phi) is 6.45. The summed E-state index contributed by atoms with van der Waals surface area (Å²) in [6, 6.07) is 5.58. The number of aromatic nitrogens is 1. The lowest BCUT2D eigenvalue weighted by Gasteiger charge is -2.30. The molecule has 1 aromatic carbocycles. The smallest absolute Gasteiger partial charge is 0.250 e. The molecule has 0 aliphatic carbocycles. The number of ether oxygens (including phenoxy) is 1. The average molecular weight is 419 g/mol. The van der Waals surface area contributed by atoms with Gasteiger partial charge < -0.3 is 15.5 Å². The second-order valence-electron chi connectivity index (χ2n) is 7.19. The fourth-order valence-corrected chi connectivity index (χ4v) is 4.94. The maximum Gasteiger partial charge on any atom is 0.250 e. The van der Waals surface area contributed by atoms with Crippen LogP contribution in [0.1, 0.15) is 54.4 Å². The van der Waals surface area contributed by atoms with Crippen molar-refractivity contribution < 1.29 is 17.9 Å². The summed E-state index contributed by atoms with van der Waals surface area (Å²) in [6.07, 6.45) is 4.31. The normalized spacial score (nSPS) is 16.0. The molecule has 29 heavy (non-hydrogen) atoms. The maximum absolute atomic E-state index is 12.1. The summed E-state index contributed by atoms with van der Waals surface area (Å²) in [5, 5.41) is 9.52. The summed E-state index contributed by atoms with van der Waals surface area (Å²) in [4.78, 5) is 15.1. The minimum atomic E-state index is -3.17. The minimum Gasteiger partial charge on any atom is -0.494 e. The first kappa shape index (κ1) is 21.1. The summed E-state index contributed by atoms with van der Waals surface area (Å²) < 4.78 is 31.5. The molecule has 0 saturated carbocycles. The van der Waals surface area contributed by atoms with E-state index in [1.807, 2.05) is 12.3 Å². The predicted molar refractivity (Wildman–Crippen MR) is 110 cm³/mol. The van der Waals surface area contributed by atoms with E-state index in [2.05, 4.69) is 11.1 Å². The molecule has 2 heterocycles. The van der Waals surface area contributed by atoms with E-state index in [4.69, 9.17) is 15.7 Å². The molecule has 1 fully saturated rings. The van der Waals surface area contributed by atoms with E-state index in [1.165, 1.54) is 0 Å². The minimum absolute atomic E-state index is 0.110. The van der Waals surface area contributed by atoms with Crippen LogP contribution in [0.4, 0.5) is 0 Å². The number of nitriles is 1. The lowest BCUT2D eigenvalue weighted by atomic mass is 9.89. The molecule has 0 radical (unpaired) electrons. The van der Waals surface area contributed by atoms with Gasteiger partial charge in [-0.05, 0) is 49.8 Å². The number of rotatable bonds is 8. The van der Waals surface area contributed by atoms with Crippen molar-refractivity contribution in [2.75, 3.05) is 25.4 Å². The molecule has 2 aromatic rings. The van der Waals surface area contributed by atoms with Gasteiger partial charge in [0.25, 0.3) is 5.91 Å². The molecule has 1 aliphatic rings. The van der Waals surface area contributed by atoms with E-state index in [1.54, 1.807) is 17.3 Å². The molecule has 1 aliphatic heterocycles. The summed E-state index contributed by atoms with van der Waals surface area (Å²) >= 11 is 0. The Morgan fingerprint density at radius 3 is 2.72 bits per heavy atom. The molecule has 3 N–H and O–H groups in total. The Labute approximate surface area is 170 Å². The number of fused-ring (bicyclic) bond motifs is 1. The molecule has 1 aromatic heterocycles. The van der Waals surface area contributed by atoms with Crippen LogP contribution in [0.25, 0.3) is 10.9 Å². The van der Waals surface area contributed by atoms with Crippen LogP contribution in [0.3, 0.4) is 0 Å². The molecule has 0 atom stereocenters. The van der Waals surface area contributed by atoms with Crippen molar-refractivity contribution >= 4 is 26.8 Å². The monoisotopic (exact) mass is 418 g/mol. The first-order valence-electron chi connectivity index (χ1n) is 9.79. The standard InChI is InChI=1S/C20H26N4O4S/c1-2-29(26,27)24-8-5-14(6-9-24)18-13-23-19-16(18)11-15(12-17(19)20(22)25)28-10-4-3-7-21/h11-14,23H,2-6,8-10H2,1H3,(H2,22,25). The van der Waals surface area contributed by atoms with E-state index in [9.17, 15) is 13.2 Å². The largest absolute Gasteiger partial charge is 0.494 e. The number of nitrogens with one attached hydrogen (secondary N) is 1. The number of piperidine rings is 1. The van der Waals surface area contributed by atoms with E-state index < -0.39 is 15.9 Å². The number of unbranched alkanes of at least 4 members (excludes halogenated alkanes) is 1. The Morgan fingerprint density at radius 1 is 1.38 bits per heavy atom. The predicted octanol–water partition coefficient (Wildman–Crippen LogP) is 2.48. The lowest BCUT2D eigenvalue weighted by Crippen LogP contribution is -2.38. The summed E-state index contributed by atoms with van der Waals surface area (Å²) in [5.74, 6) is 0.284. The maximum atomic E-state index is 12.1. The molecular formula is C20H26N4O4S. The molecule has 0 unspecified atom stereocenters. The molecule has 8 nitrogen and oxygen atoms in total. The van der Waals surface area contributed by atoms with Crippen molar-refractivity contribution in [2.45, 2.75) is 38.5 Å². The van der Waals surface area contributed by atoms with Crippen molar-refractivity contribution in [3.05, 3.63) is 29.5 Å². The van der Waals surface area contributed by atoms with Gasteiger partial charge in [0, 0.05) is 31.1 Å². The average Bonchev–Trinajstić information content (AvgIpc) is 3.14. The van der Waals surface area contributed by atoms with Crippen molar-refractivity contribution in [2.24, 2.45) is 5.73 Å². The second-order valence-corrected chi connectivity index (χ2v) is 9.44. The summed E-state index contributed by atoms with van der Waals surface area (Å²) in [7, 11) is -3.17. The number of benzene rings is 1. The zero-order valence-corrected chi connectivity index (χ0v) is 17.3. The van der Waals surface area contributed by atoms with Crippen molar-refractivity contribution in [1.29, 1.82) is 5.26 Å². The highest BCUT2D eigenvalue weighted by Crippen LogP contribution is 2.36. The fraction of sp³-hybridized carbons (Fsp3) is 0.500. The highest BCUT2D eigenvalue weighted by molar-refractivity contribution is 7.89. The number of nitrogens with two attached hydrogens (primary N) is 1. The molecule has 156 valence electrons. The second kappa shape index (κ2) is 8.84. The molecule has 9 heteroatoms. The van der Waals surface area contributed by atoms with Crippen LogP contribution < -0.4 is 10.5 Å². The van der Waals surface area contributed by atoms with Gasteiger partial charge in [-0.1, -0.05) is 0 Å². The van der Waals surface area contributed by atoms with Gasteiger partial charge in [0.1, 0.15) is 5.75 Å². The van der Waals surface area contributed by atoms with Crippen LogP contribution in [-0.4, -0.2) is 49.1 Å². The molecule has 1 amide bonds. The number of hydrogen-bond acceptors (Lipinski definition) is 5. The van der Waals surface area contributed by atoms with E-state index in [0.29, 0.717) is 62.2 Å². The number of nitrogens with zero attached hydrogens (tertiary/aromatic N) is 2. The van der Waals surface area contributed by atoms with Gasteiger partial charge in [0.15, 0.2) is 0 Å². The van der Waals surface area contributed by atoms with E-state index >= 15 is 0 Å². The van der Waals surface area contributed by atoms with Gasteiger partial charge >= 0.3 is 0 Å². The number of primary amides is 1. The first-order chi connectivity index (χ1) is 13.9. The SMILES string of the molecule is CCS(=O)(=O)N1CCC(c2c[nH]c3c(C(N)=O)cc(OCCCC#N)cc23)CC1. The number of amides is 1. The van der Waals surface area contributed by atoms with E-state index in [-0.39, 0.29) is 11.7 Å². The quantitative estimate of drug-likeness (QED) is 0.636. The van der Waals surface area contributed by atoms with Gasteiger partial charge in [-0.15, -0.1) is 0 Å². The third-order valence-electron chi connectivity index (χ3n) is 5.41. The third-order valence-corrected chi connectivity index (χ3v) is 7.30. The summed E-state index contributed by atoms with van der Waals surface area (Å²) in [5.41, 5.74) is 7.63. The molecule has 3 rings (SSSR count). The van der Waals surface area contributed by atoms with Gasteiger partial charge in [-0.2, -0.15) is 5.26 Å². The topological polar surface area (TPSA) is 129 Å². The number of H-pyrrole nitrogens is 1. The summed E-state index contributed by atoms with van der Waals surface area (Å²) in [6.45, 7) is 3.01. The Hall–Kier alpha value is -2.57. The van der Waals surface area contributed by atoms with Crippen molar-refractivity contribution in [3.63, 3.8) is 0 Å². The molecule has 0 spiro atoms. The Bertz CT molecular complexity index is 1030. The highest BCUT2D eigenvalue weighted by Gasteiger charge is 2.29. The van der Waals surface area contributed by atoms with Gasteiger partial charge in [-0.25, -0.2) is 12.7 Å². The highest BCUT2D eigenvalue weighted by atomic mass is 32.2. The van der Waals surface area contributed by atoms with Gasteiger partial charge in [-0.3, -0.25) is 4.79 Å². The van der Waals surface area contributed by atoms with Crippen LogP contribution in [0.15, 0.2) is 18.3 Å². The van der Waals surface area contributed by atoms with Crippen LogP contribution in [-0.2, 0) is 10.0 Å². The number of sulfonamides is 1. The number of aromatic amines is 1. The molecule has 0 bridgehead atoms. The van der Waals surface area contributed by atoms with Crippen LogP contribution in [0.5, 0.6) is 5.75 Å². The zero-order chi connectivity index (χ0) is 21.0. The Balaban J connectivity index is 1.86. The van der Waals surface area contributed by atoms with E-state index in [0.717, 1.165) is 10.9 Å². The van der Waals surface area contributed by atoms with Gasteiger partial charge in [0.2, 0.25) is 10.0 Å². The number of carbonyl (C=O) groups excluding carboxylic acids is 1. The Morgan fingerprint density at radius 2 is 2.10 bits per heavy atom.